The van der Waals surface area contributed by atoms with E-state index in [2.05, 4.69) is 20.1 Å². The van der Waals surface area contributed by atoms with Crippen LogP contribution < -0.4 is 16.3 Å². The Morgan fingerprint density at radius 2 is 1.91 bits per heavy atom. The molecular formula is C27H47N6O10PSSi. The number of aromatic amines is 1. The Morgan fingerprint density at radius 3 is 2.48 bits per heavy atom. The predicted molar refractivity (Wildman–Crippen MR) is 176 cm³/mol. The third kappa shape index (κ3) is 11.2. The van der Waals surface area contributed by atoms with Crippen molar-refractivity contribution in [1.29, 1.82) is 0 Å². The van der Waals surface area contributed by atoms with E-state index in [9.17, 15) is 23.7 Å². The summed E-state index contributed by atoms with van der Waals surface area (Å²) in [6, 6.07) is -2.09. The van der Waals surface area contributed by atoms with E-state index < -0.39 is 69.7 Å². The van der Waals surface area contributed by atoms with Crippen LogP contribution in [0.1, 0.15) is 59.8 Å². The molecule has 1 aromatic rings. The SMILES string of the molecule is COC(=O)[C@H](CO[Si](C)(C)C(C)(C)C)NP(=O)(OCCSC(=O)C(C)(C)C)OC[C@H]1O[C@@H](n2cc(C)c(=O)[nH]c2=O)C[C@@H]1N=[N+]=[N-]. The van der Waals surface area contributed by atoms with Crippen LogP contribution >= 0.6 is 19.5 Å². The molecule has 0 spiro atoms. The topological polar surface area (TPSA) is 213 Å². The number of azide groups is 1. The molecule has 1 aliphatic heterocycles. The highest BCUT2D eigenvalue weighted by molar-refractivity contribution is 8.13. The first kappa shape index (κ1) is 39.9. The molecule has 0 bridgehead atoms. The van der Waals surface area contributed by atoms with Gasteiger partial charge in [0.1, 0.15) is 12.3 Å². The molecule has 0 radical (unpaired) electrons. The molecule has 1 aliphatic rings. The van der Waals surface area contributed by atoms with Gasteiger partial charge in [-0.1, -0.05) is 58.4 Å². The van der Waals surface area contributed by atoms with Gasteiger partial charge in [0.25, 0.3) is 5.56 Å². The van der Waals surface area contributed by atoms with E-state index in [4.69, 9.17) is 28.5 Å². The van der Waals surface area contributed by atoms with Crippen LogP contribution in [0.25, 0.3) is 10.4 Å². The van der Waals surface area contributed by atoms with Crippen molar-refractivity contribution in [3.05, 3.63) is 43.0 Å². The Bertz CT molecular complexity index is 1450. The van der Waals surface area contributed by atoms with Crippen molar-refractivity contribution < 1.29 is 37.1 Å². The van der Waals surface area contributed by atoms with Gasteiger partial charge in [-0.2, -0.15) is 0 Å². The second kappa shape index (κ2) is 16.2. The second-order valence-corrected chi connectivity index (χ2v) is 21.1. The van der Waals surface area contributed by atoms with Crippen molar-refractivity contribution in [2.45, 2.75) is 97.4 Å². The molecule has 1 aromatic heterocycles. The molecule has 0 aliphatic carbocycles. The number of rotatable bonds is 15. The van der Waals surface area contributed by atoms with Gasteiger partial charge in [-0.15, -0.1) is 0 Å². The highest BCUT2D eigenvalue weighted by atomic mass is 32.2. The maximum Gasteiger partial charge on any atom is 0.406 e. The van der Waals surface area contributed by atoms with Gasteiger partial charge in [-0.25, -0.2) is 14.4 Å². The van der Waals surface area contributed by atoms with Crippen LogP contribution in [-0.2, 0) is 37.1 Å². The number of nitrogens with one attached hydrogen (secondary N) is 2. The van der Waals surface area contributed by atoms with Gasteiger partial charge in [0, 0.05) is 34.3 Å². The largest absolute Gasteiger partial charge is 0.468 e. The average molecular weight is 707 g/mol. The van der Waals surface area contributed by atoms with Gasteiger partial charge in [-0.3, -0.25) is 33.0 Å². The number of hydrogen-bond acceptors (Lipinski definition) is 12. The summed E-state index contributed by atoms with van der Waals surface area (Å²) in [4.78, 5) is 54.6. The Morgan fingerprint density at radius 1 is 1.26 bits per heavy atom. The number of ether oxygens (including phenoxy) is 2. The molecule has 2 N–H and O–H groups in total. The van der Waals surface area contributed by atoms with E-state index >= 15 is 0 Å². The molecule has 0 saturated carbocycles. The Hall–Kier alpha value is -2.27. The van der Waals surface area contributed by atoms with Gasteiger partial charge in [0.2, 0.25) is 0 Å². The Balaban J connectivity index is 2.31. The summed E-state index contributed by atoms with van der Waals surface area (Å²) in [5.41, 5.74) is 7.56. The summed E-state index contributed by atoms with van der Waals surface area (Å²) < 4.78 is 43.9. The highest BCUT2D eigenvalue weighted by Crippen LogP contribution is 2.46. The quantitative estimate of drug-likeness (QED) is 0.0494. The van der Waals surface area contributed by atoms with E-state index in [1.54, 1.807) is 20.8 Å². The first-order valence-corrected chi connectivity index (χ1v) is 20.2. The minimum Gasteiger partial charge on any atom is -0.468 e. The van der Waals surface area contributed by atoms with Crippen molar-refractivity contribution in [2.24, 2.45) is 10.5 Å². The number of carbonyl (C=O) groups excluding carboxylic acids is 2. The third-order valence-electron chi connectivity index (χ3n) is 7.68. The van der Waals surface area contributed by atoms with Crippen molar-refractivity contribution in [2.75, 3.05) is 32.7 Å². The molecule has 46 heavy (non-hydrogen) atoms. The van der Waals surface area contributed by atoms with E-state index in [-0.39, 0.29) is 41.1 Å². The molecule has 0 aromatic carbocycles. The highest BCUT2D eigenvalue weighted by Gasteiger charge is 2.42. The van der Waals surface area contributed by atoms with Crippen LogP contribution in [0.15, 0.2) is 20.9 Å². The number of H-pyrrole nitrogens is 1. The molecular weight excluding hydrogens is 659 g/mol. The number of thioether (sulfide) groups is 1. The zero-order valence-corrected chi connectivity index (χ0v) is 30.9. The normalized spacial score (nSPS) is 20.9. The average Bonchev–Trinajstić information content (AvgIpc) is 3.35. The van der Waals surface area contributed by atoms with Crippen molar-refractivity contribution in [3.63, 3.8) is 0 Å². The molecule has 5 atom stereocenters. The molecule has 16 nitrogen and oxygen atoms in total. The first-order chi connectivity index (χ1) is 21.1. The van der Waals surface area contributed by atoms with Crippen LogP contribution in [0.3, 0.4) is 0 Å². The lowest BCUT2D eigenvalue weighted by Crippen LogP contribution is -2.47. The molecule has 0 amide bonds. The van der Waals surface area contributed by atoms with E-state index in [0.29, 0.717) is 0 Å². The Kier molecular flexibility index (Phi) is 14.1. The van der Waals surface area contributed by atoms with Crippen LogP contribution in [0.2, 0.25) is 18.1 Å². The lowest BCUT2D eigenvalue weighted by molar-refractivity contribution is -0.143. The van der Waals surface area contributed by atoms with Gasteiger partial charge < -0.3 is 13.9 Å². The minimum atomic E-state index is -4.35. The molecule has 1 fully saturated rings. The third-order valence-corrected chi connectivity index (χ3v) is 15.1. The molecule has 19 heteroatoms. The number of methoxy groups -OCH3 is 1. The molecule has 2 rings (SSSR count). The fraction of sp³-hybridized carbons (Fsp3) is 0.778. The van der Waals surface area contributed by atoms with Crippen LogP contribution in [0, 0.1) is 12.3 Å². The number of carbonyl (C=O) groups is 2. The van der Waals surface area contributed by atoms with Crippen LogP contribution in [-0.4, -0.2) is 79.8 Å². The fourth-order valence-electron chi connectivity index (χ4n) is 3.81. The van der Waals surface area contributed by atoms with Gasteiger partial charge in [0.05, 0.1) is 39.1 Å². The summed E-state index contributed by atoms with van der Waals surface area (Å²) in [6.07, 6.45) is -0.534. The van der Waals surface area contributed by atoms with E-state index in [1.165, 1.54) is 24.8 Å². The monoisotopic (exact) mass is 706 g/mol. The number of aryl methyl sites for hydroxylation is 1. The van der Waals surface area contributed by atoms with Crippen LogP contribution in [0.5, 0.6) is 0 Å². The van der Waals surface area contributed by atoms with Crippen LogP contribution in [0.4, 0.5) is 0 Å². The van der Waals surface area contributed by atoms with Crippen molar-refractivity contribution in [3.8, 4) is 0 Å². The summed E-state index contributed by atoms with van der Waals surface area (Å²) in [5, 5.41) is 6.13. The maximum atomic E-state index is 14.2. The zero-order valence-electron chi connectivity index (χ0n) is 28.1. The van der Waals surface area contributed by atoms with Crippen molar-refractivity contribution >= 4 is 38.9 Å². The van der Waals surface area contributed by atoms with Crippen molar-refractivity contribution in [1.82, 2.24) is 14.6 Å². The summed E-state index contributed by atoms with van der Waals surface area (Å²) in [5.74, 6) is -0.618. The number of nitrogens with zero attached hydrogens (tertiary/aromatic N) is 4. The Labute approximate surface area is 274 Å². The first-order valence-electron chi connectivity index (χ1n) is 14.7. The molecule has 1 saturated heterocycles. The van der Waals surface area contributed by atoms with Gasteiger partial charge in [-0.05, 0) is 30.6 Å². The standard InChI is InChI=1S/C27H47N6O10PSSi/c1-17-14-33(25(37)29-22(17)34)21-13-18(30-32-28)20(43-21)16-41-44(38,40-11-12-45-24(36)26(2,3)4)31-19(23(35)39-8)15-42-46(9,10)27(5,6)7/h14,18-21H,11-13,15-16H2,1-10H3,(H,31,38)(H,29,34,37)/t18-,19-,20+,21+,44?/m0/s1. The molecule has 260 valence electrons. The summed E-state index contributed by atoms with van der Waals surface area (Å²) in [7, 11) is -5.52. The predicted octanol–water partition coefficient (Wildman–Crippen LogP) is 4.41. The number of aromatic nitrogens is 2. The van der Waals surface area contributed by atoms with E-state index in [1.807, 2.05) is 33.9 Å². The van der Waals surface area contributed by atoms with Gasteiger partial charge >= 0.3 is 19.4 Å². The van der Waals surface area contributed by atoms with E-state index in [0.717, 1.165) is 11.8 Å². The lowest BCUT2D eigenvalue weighted by atomic mass is 10.00. The zero-order chi connectivity index (χ0) is 35.1. The minimum absolute atomic E-state index is 0.0543. The van der Waals surface area contributed by atoms with Gasteiger partial charge in [0.15, 0.2) is 13.4 Å². The lowest BCUT2D eigenvalue weighted by Gasteiger charge is -2.37. The number of hydrogen-bond donors (Lipinski definition) is 2. The smallest absolute Gasteiger partial charge is 0.406 e. The fourth-order valence-corrected chi connectivity index (χ4v) is 7.20. The summed E-state index contributed by atoms with van der Waals surface area (Å²) in [6.45, 7) is 16.1. The second-order valence-electron chi connectivity index (χ2n) is 13.4. The maximum absolute atomic E-state index is 14.2. The molecule has 2 heterocycles. The number of esters is 1. The summed E-state index contributed by atoms with van der Waals surface area (Å²) >= 11 is 1.01. The molecule has 1 unspecified atom stereocenters.